The van der Waals surface area contributed by atoms with Crippen molar-refractivity contribution >= 4 is 11.8 Å². The Bertz CT molecular complexity index is 439. The lowest BCUT2D eigenvalue weighted by atomic mass is 9.91. The summed E-state index contributed by atoms with van der Waals surface area (Å²) in [6.45, 7) is 2.82. The van der Waals surface area contributed by atoms with Gasteiger partial charge in [-0.3, -0.25) is 9.59 Å². The normalized spacial score (nSPS) is 31.4. The second-order valence-corrected chi connectivity index (χ2v) is 6.26. The topological polar surface area (TPSA) is 49.4 Å². The van der Waals surface area contributed by atoms with Gasteiger partial charge in [-0.2, -0.15) is 0 Å². The van der Waals surface area contributed by atoms with Crippen molar-refractivity contribution in [3.05, 3.63) is 11.6 Å². The van der Waals surface area contributed by atoms with Gasteiger partial charge in [-0.25, -0.2) is 0 Å². The van der Waals surface area contributed by atoms with Gasteiger partial charge in [-0.15, -0.1) is 0 Å². The Kier molecular flexibility index (Phi) is 3.11. The predicted octanol–water partition coefficient (Wildman–Crippen LogP) is 1.61. The molecule has 4 heteroatoms. The Hall–Kier alpha value is -1.32. The number of piperazine rings is 1. The van der Waals surface area contributed by atoms with Gasteiger partial charge >= 0.3 is 0 Å². The fraction of sp³-hybridized carbons (Fsp3) is 0.733. The summed E-state index contributed by atoms with van der Waals surface area (Å²) in [6, 6.07) is 0. The van der Waals surface area contributed by atoms with E-state index in [1.165, 1.54) is 18.4 Å². The Labute approximate surface area is 114 Å². The van der Waals surface area contributed by atoms with Gasteiger partial charge in [0.2, 0.25) is 11.8 Å². The van der Waals surface area contributed by atoms with Gasteiger partial charge in [0.05, 0.1) is 6.54 Å². The number of nitrogens with zero attached hydrogens (tertiary/aromatic N) is 1. The Balaban J connectivity index is 1.66. The maximum absolute atomic E-state index is 12.6. The van der Waals surface area contributed by atoms with E-state index in [9.17, 15) is 9.59 Å². The number of nitrogens with one attached hydrogen (secondary N) is 1. The van der Waals surface area contributed by atoms with Gasteiger partial charge in [0.25, 0.3) is 0 Å². The zero-order valence-electron chi connectivity index (χ0n) is 11.6. The predicted molar refractivity (Wildman–Crippen MR) is 72.4 cm³/mol. The van der Waals surface area contributed by atoms with Crippen LogP contribution >= 0.6 is 0 Å². The van der Waals surface area contributed by atoms with Gasteiger partial charge in [-0.05, 0) is 51.4 Å². The zero-order valence-corrected chi connectivity index (χ0v) is 11.6. The van der Waals surface area contributed by atoms with Gasteiger partial charge in [-0.1, -0.05) is 11.6 Å². The summed E-state index contributed by atoms with van der Waals surface area (Å²) in [5.74, 6) is 0.458. The molecule has 0 aromatic carbocycles. The number of carbonyl (C=O) groups is 2. The maximum atomic E-state index is 12.6. The fourth-order valence-electron chi connectivity index (χ4n) is 3.32. The van der Waals surface area contributed by atoms with E-state index in [4.69, 9.17) is 0 Å². The summed E-state index contributed by atoms with van der Waals surface area (Å²) in [4.78, 5) is 26.2. The number of hydrogen-bond acceptors (Lipinski definition) is 2. The molecule has 0 radical (unpaired) electrons. The minimum absolute atomic E-state index is 0.00518. The molecule has 0 spiro atoms. The third-order valence-corrected chi connectivity index (χ3v) is 4.70. The standard InChI is InChI=1S/C15H22N2O2/c1-15(12-6-7-12)14(19)17(10-13(18)16-15)9-8-11-4-2-3-5-11/h4,12H,2-3,5-10H2,1H3,(H,16,18). The number of allylic oxidation sites excluding steroid dienone is 1. The molecule has 0 aromatic rings. The van der Waals surface area contributed by atoms with Crippen LogP contribution in [0.4, 0.5) is 0 Å². The highest BCUT2D eigenvalue weighted by Crippen LogP contribution is 2.41. The Morgan fingerprint density at radius 1 is 1.42 bits per heavy atom. The van der Waals surface area contributed by atoms with Crippen LogP contribution < -0.4 is 5.32 Å². The summed E-state index contributed by atoms with van der Waals surface area (Å²) in [5, 5.41) is 2.92. The van der Waals surface area contributed by atoms with Crippen LogP contribution in [0.25, 0.3) is 0 Å². The molecule has 2 aliphatic carbocycles. The monoisotopic (exact) mass is 262 g/mol. The fourth-order valence-corrected chi connectivity index (χ4v) is 3.32. The maximum Gasteiger partial charge on any atom is 0.248 e. The molecule has 4 nitrogen and oxygen atoms in total. The van der Waals surface area contributed by atoms with Crippen molar-refractivity contribution in [3.63, 3.8) is 0 Å². The molecule has 1 aliphatic heterocycles. The van der Waals surface area contributed by atoms with Crippen LogP contribution in [0.5, 0.6) is 0 Å². The van der Waals surface area contributed by atoms with Crippen molar-refractivity contribution in [3.8, 4) is 0 Å². The first-order chi connectivity index (χ1) is 9.09. The van der Waals surface area contributed by atoms with E-state index in [1.807, 2.05) is 6.92 Å². The molecule has 3 rings (SSSR count). The number of carbonyl (C=O) groups excluding carboxylic acids is 2. The third kappa shape index (κ3) is 2.40. The number of amides is 2. The lowest BCUT2D eigenvalue weighted by Crippen LogP contribution is -2.66. The van der Waals surface area contributed by atoms with E-state index in [1.54, 1.807) is 4.90 Å². The van der Waals surface area contributed by atoms with Crippen molar-refractivity contribution in [2.45, 2.75) is 51.0 Å². The largest absolute Gasteiger partial charge is 0.340 e. The third-order valence-electron chi connectivity index (χ3n) is 4.70. The molecule has 104 valence electrons. The van der Waals surface area contributed by atoms with Gasteiger partial charge < -0.3 is 10.2 Å². The number of hydrogen-bond donors (Lipinski definition) is 1. The van der Waals surface area contributed by atoms with Crippen LogP contribution in [0.2, 0.25) is 0 Å². The van der Waals surface area contributed by atoms with Gasteiger partial charge in [0.1, 0.15) is 5.54 Å². The number of rotatable bonds is 4. The van der Waals surface area contributed by atoms with Crippen LogP contribution in [0.3, 0.4) is 0 Å². The van der Waals surface area contributed by atoms with Crippen LogP contribution in [0, 0.1) is 5.92 Å². The van der Waals surface area contributed by atoms with Crippen LogP contribution in [0.15, 0.2) is 11.6 Å². The van der Waals surface area contributed by atoms with Crippen LogP contribution in [-0.2, 0) is 9.59 Å². The van der Waals surface area contributed by atoms with Crippen LogP contribution in [0.1, 0.15) is 45.4 Å². The van der Waals surface area contributed by atoms with Crippen molar-refractivity contribution in [1.82, 2.24) is 10.2 Å². The molecule has 2 amide bonds. The van der Waals surface area contributed by atoms with E-state index in [0.29, 0.717) is 12.5 Å². The average molecular weight is 262 g/mol. The summed E-state index contributed by atoms with van der Waals surface area (Å²) >= 11 is 0. The lowest BCUT2D eigenvalue weighted by molar-refractivity contribution is -0.150. The smallest absolute Gasteiger partial charge is 0.248 e. The lowest BCUT2D eigenvalue weighted by Gasteiger charge is -2.40. The minimum atomic E-state index is -0.639. The summed E-state index contributed by atoms with van der Waals surface area (Å²) < 4.78 is 0. The van der Waals surface area contributed by atoms with E-state index in [2.05, 4.69) is 11.4 Å². The molecule has 1 heterocycles. The first kappa shape index (κ1) is 12.7. The molecule has 1 atom stereocenters. The van der Waals surface area contributed by atoms with Gasteiger partial charge in [0, 0.05) is 6.54 Å². The molecule has 2 fully saturated rings. The molecule has 1 saturated carbocycles. The zero-order chi connectivity index (χ0) is 13.5. The summed E-state index contributed by atoms with van der Waals surface area (Å²) in [6.07, 6.45) is 8.90. The van der Waals surface area contributed by atoms with E-state index in [0.717, 1.165) is 25.7 Å². The van der Waals surface area contributed by atoms with E-state index >= 15 is 0 Å². The van der Waals surface area contributed by atoms with Crippen molar-refractivity contribution in [2.75, 3.05) is 13.1 Å². The second kappa shape index (κ2) is 4.66. The molecule has 19 heavy (non-hydrogen) atoms. The molecule has 0 aromatic heterocycles. The summed E-state index contributed by atoms with van der Waals surface area (Å²) in [7, 11) is 0. The Morgan fingerprint density at radius 2 is 2.21 bits per heavy atom. The molecular weight excluding hydrogens is 240 g/mol. The van der Waals surface area contributed by atoms with Crippen molar-refractivity contribution in [2.24, 2.45) is 5.92 Å². The minimum Gasteiger partial charge on any atom is -0.340 e. The van der Waals surface area contributed by atoms with Crippen molar-refractivity contribution in [1.29, 1.82) is 0 Å². The second-order valence-electron chi connectivity index (χ2n) is 6.26. The van der Waals surface area contributed by atoms with Crippen molar-refractivity contribution < 1.29 is 9.59 Å². The molecule has 1 N–H and O–H groups in total. The van der Waals surface area contributed by atoms with Gasteiger partial charge in [0.15, 0.2) is 0 Å². The first-order valence-electron chi connectivity index (χ1n) is 7.38. The SMILES string of the molecule is CC1(C2CC2)NC(=O)CN(CCC2=CCCC2)C1=O. The molecule has 0 bridgehead atoms. The quantitative estimate of drug-likeness (QED) is 0.783. The van der Waals surface area contributed by atoms with Crippen LogP contribution in [-0.4, -0.2) is 35.3 Å². The summed E-state index contributed by atoms with van der Waals surface area (Å²) in [5.41, 5.74) is 0.811. The molecule has 1 saturated heterocycles. The van der Waals surface area contributed by atoms with E-state index in [-0.39, 0.29) is 18.4 Å². The average Bonchev–Trinajstić information content (AvgIpc) is 3.11. The molecular formula is C15H22N2O2. The van der Waals surface area contributed by atoms with E-state index < -0.39 is 5.54 Å². The highest BCUT2D eigenvalue weighted by Gasteiger charge is 2.52. The molecule has 3 aliphatic rings. The molecule has 1 unspecified atom stereocenters. The highest BCUT2D eigenvalue weighted by molar-refractivity contribution is 5.98. The highest BCUT2D eigenvalue weighted by atomic mass is 16.2. The Morgan fingerprint density at radius 3 is 2.84 bits per heavy atom. The first-order valence-corrected chi connectivity index (χ1v) is 7.38.